The SMILES string of the molecule is O=S(=O)(CCn1nnc(-c2ccccc2)n1)Oc1ccccc1. The lowest BCUT2D eigenvalue weighted by Gasteiger charge is -2.05. The highest BCUT2D eigenvalue weighted by Crippen LogP contribution is 2.13. The van der Waals surface area contributed by atoms with E-state index in [1.807, 2.05) is 30.3 Å². The molecule has 0 spiro atoms. The smallest absolute Gasteiger partial charge is 0.311 e. The van der Waals surface area contributed by atoms with Gasteiger partial charge >= 0.3 is 10.1 Å². The average molecular weight is 330 g/mol. The van der Waals surface area contributed by atoms with E-state index in [2.05, 4.69) is 15.4 Å². The lowest BCUT2D eigenvalue weighted by atomic mass is 10.2. The molecular weight excluding hydrogens is 316 g/mol. The van der Waals surface area contributed by atoms with Crippen LogP contribution in [0.25, 0.3) is 11.4 Å². The minimum Gasteiger partial charge on any atom is -0.382 e. The van der Waals surface area contributed by atoms with E-state index in [0.29, 0.717) is 5.82 Å². The molecule has 0 aliphatic carbocycles. The third kappa shape index (κ3) is 4.13. The first-order valence-electron chi connectivity index (χ1n) is 6.93. The number of aromatic nitrogens is 4. The Bertz CT molecular complexity index is 864. The summed E-state index contributed by atoms with van der Waals surface area (Å²) in [5, 5.41) is 11.9. The van der Waals surface area contributed by atoms with Crippen molar-refractivity contribution in [2.75, 3.05) is 5.75 Å². The standard InChI is InChI=1S/C15H14N4O3S/c20-23(21,22-14-9-5-2-6-10-14)12-11-19-17-15(16-18-19)13-7-3-1-4-8-13/h1-10H,11-12H2. The second kappa shape index (κ2) is 6.57. The monoisotopic (exact) mass is 330 g/mol. The molecule has 118 valence electrons. The number of tetrazole rings is 1. The van der Waals surface area contributed by atoms with Crippen LogP contribution in [0.3, 0.4) is 0 Å². The van der Waals surface area contributed by atoms with E-state index in [1.165, 1.54) is 4.80 Å². The molecule has 0 saturated carbocycles. The Labute approximate surface area is 133 Å². The molecule has 0 atom stereocenters. The number of hydrogen-bond donors (Lipinski definition) is 0. The Morgan fingerprint density at radius 2 is 1.61 bits per heavy atom. The number of rotatable bonds is 6. The molecule has 3 aromatic rings. The van der Waals surface area contributed by atoms with Crippen molar-refractivity contribution in [1.82, 2.24) is 20.2 Å². The van der Waals surface area contributed by atoms with Gasteiger partial charge in [-0.15, -0.1) is 10.2 Å². The van der Waals surface area contributed by atoms with Crippen LogP contribution in [0.1, 0.15) is 0 Å². The van der Waals surface area contributed by atoms with Gasteiger partial charge in [0.1, 0.15) is 11.5 Å². The van der Waals surface area contributed by atoms with Gasteiger partial charge in [0.15, 0.2) is 0 Å². The number of benzene rings is 2. The van der Waals surface area contributed by atoms with Crippen LogP contribution in [0.4, 0.5) is 0 Å². The summed E-state index contributed by atoms with van der Waals surface area (Å²) in [5.74, 6) is 0.489. The van der Waals surface area contributed by atoms with E-state index in [1.54, 1.807) is 30.3 Å². The van der Waals surface area contributed by atoms with Crippen molar-refractivity contribution in [2.45, 2.75) is 6.54 Å². The van der Waals surface area contributed by atoms with Gasteiger partial charge in [-0.05, 0) is 17.3 Å². The third-order valence-electron chi connectivity index (χ3n) is 2.99. The predicted octanol–water partition coefficient (Wildman–Crippen LogP) is 1.75. The predicted molar refractivity (Wildman–Crippen MR) is 84.1 cm³/mol. The molecule has 0 amide bonds. The Hall–Kier alpha value is -2.74. The van der Waals surface area contributed by atoms with Gasteiger partial charge in [-0.2, -0.15) is 13.2 Å². The topological polar surface area (TPSA) is 87.0 Å². The Morgan fingerprint density at radius 3 is 2.30 bits per heavy atom. The first-order valence-corrected chi connectivity index (χ1v) is 8.50. The van der Waals surface area contributed by atoms with Crippen LogP contribution in [0.2, 0.25) is 0 Å². The molecule has 23 heavy (non-hydrogen) atoms. The lowest BCUT2D eigenvalue weighted by Crippen LogP contribution is -2.19. The number of nitrogens with zero attached hydrogens (tertiary/aromatic N) is 4. The molecule has 0 saturated heterocycles. The van der Waals surface area contributed by atoms with Gasteiger partial charge in [0.05, 0.1) is 6.54 Å². The first kappa shape index (κ1) is 15.2. The minimum atomic E-state index is -3.72. The Balaban J connectivity index is 1.63. The van der Waals surface area contributed by atoms with Crippen molar-refractivity contribution in [1.29, 1.82) is 0 Å². The average Bonchev–Trinajstić information content (AvgIpc) is 3.04. The summed E-state index contributed by atoms with van der Waals surface area (Å²) in [6, 6.07) is 17.7. The van der Waals surface area contributed by atoms with Crippen LogP contribution in [-0.2, 0) is 16.7 Å². The fraction of sp³-hybridized carbons (Fsp3) is 0.133. The second-order valence-electron chi connectivity index (χ2n) is 4.73. The maximum absolute atomic E-state index is 11.9. The van der Waals surface area contributed by atoms with E-state index < -0.39 is 10.1 Å². The zero-order valence-corrected chi connectivity index (χ0v) is 12.9. The minimum absolute atomic E-state index is 0.0645. The summed E-state index contributed by atoms with van der Waals surface area (Å²) >= 11 is 0. The van der Waals surface area contributed by atoms with Gasteiger partial charge in [0.2, 0.25) is 5.82 Å². The zero-order chi connectivity index (χ0) is 16.1. The molecule has 0 fully saturated rings. The molecule has 3 rings (SSSR count). The van der Waals surface area contributed by atoms with Gasteiger partial charge in [-0.3, -0.25) is 0 Å². The molecular formula is C15H14N4O3S. The van der Waals surface area contributed by atoms with Crippen LogP contribution in [0.5, 0.6) is 5.75 Å². The van der Waals surface area contributed by atoms with Crippen molar-refractivity contribution in [2.24, 2.45) is 0 Å². The van der Waals surface area contributed by atoms with Crippen LogP contribution in [0, 0.1) is 0 Å². The molecule has 0 bridgehead atoms. The van der Waals surface area contributed by atoms with Crippen molar-refractivity contribution >= 4 is 10.1 Å². The largest absolute Gasteiger partial charge is 0.382 e. The summed E-state index contributed by atoms with van der Waals surface area (Å²) < 4.78 is 28.9. The quantitative estimate of drug-likeness (QED) is 0.640. The highest BCUT2D eigenvalue weighted by atomic mass is 32.2. The normalized spacial score (nSPS) is 11.3. The summed E-state index contributed by atoms with van der Waals surface area (Å²) in [6.07, 6.45) is 0. The molecule has 2 aromatic carbocycles. The molecule has 8 heteroatoms. The summed E-state index contributed by atoms with van der Waals surface area (Å²) in [5.41, 5.74) is 0.821. The molecule has 7 nitrogen and oxygen atoms in total. The number of hydrogen-bond acceptors (Lipinski definition) is 6. The van der Waals surface area contributed by atoms with E-state index in [9.17, 15) is 8.42 Å². The molecule has 0 radical (unpaired) electrons. The molecule has 1 aromatic heterocycles. The number of para-hydroxylation sites is 1. The fourth-order valence-corrected chi connectivity index (χ4v) is 2.77. The molecule has 1 heterocycles. The molecule has 0 unspecified atom stereocenters. The second-order valence-corrected chi connectivity index (χ2v) is 6.42. The Kier molecular flexibility index (Phi) is 4.33. The first-order chi connectivity index (χ1) is 11.1. The molecule has 0 aliphatic heterocycles. The van der Waals surface area contributed by atoms with Gasteiger partial charge in [0, 0.05) is 5.56 Å². The maximum Gasteiger partial charge on any atom is 0.311 e. The third-order valence-corrected chi connectivity index (χ3v) is 4.12. The maximum atomic E-state index is 11.9. The van der Waals surface area contributed by atoms with Gasteiger partial charge in [0.25, 0.3) is 0 Å². The van der Waals surface area contributed by atoms with Crippen LogP contribution < -0.4 is 4.18 Å². The summed E-state index contributed by atoms with van der Waals surface area (Å²) in [4.78, 5) is 1.24. The highest BCUT2D eigenvalue weighted by molar-refractivity contribution is 7.87. The fourth-order valence-electron chi connectivity index (χ4n) is 1.90. The van der Waals surface area contributed by atoms with Crippen molar-refractivity contribution in [3.63, 3.8) is 0 Å². The molecule has 0 N–H and O–H groups in total. The Morgan fingerprint density at radius 1 is 0.957 bits per heavy atom. The van der Waals surface area contributed by atoms with Crippen LogP contribution in [0.15, 0.2) is 60.7 Å². The van der Waals surface area contributed by atoms with Gasteiger partial charge in [-0.25, -0.2) is 0 Å². The van der Waals surface area contributed by atoms with Gasteiger partial charge < -0.3 is 4.18 Å². The van der Waals surface area contributed by atoms with Gasteiger partial charge in [-0.1, -0.05) is 48.5 Å². The lowest BCUT2D eigenvalue weighted by molar-refractivity contribution is 0.470. The van der Waals surface area contributed by atoms with Crippen LogP contribution in [-0.4, -0.2) is 34.4 Å². The summed E-state index contributed by atoms with van der Waals surface area (Å²) in [7, 11) is -3.72. The van der Waals surface area contributed by atoms with E-state index in [4.69, 9.17) is 4.18 Å². The zero-order valence-electron chi connectivity index (χ0n) is 12.1. The van der Waals surface area contributed by atoms with E-state index >= 15 is 0 Å². The number of aryl methyl sites for hydroxylation is 1. The van der Waals surface area contributed by atoms with Crippen molar-refractivity contribution < 1.29 is 12.6 Å². The highest BCUT2D eigenvalue weighted by Gasteiger charge is 2.14. The van der Waals surface area contributed by atoms with Crippen LogP contribution >= 0.6 is 0 Å². The molecule has 0 aliphatic rings. The van der Waals surface area contributed by atoms with Crippen molar-refractivity contribution in [3.05, 3.63) is 60.7 Å². The van der Waals surface area contributed by atoms with E-state index in [0.717, 1.165) is 5.56 Å². The van der Waals surface area contributed by atoms with E-state index in [-0.39, 0.29) is 18.0 Å². The summed E-state index contributed by atoms with van der Waals surface area (Å²) in [6.45, 7) is 0.0645. The van der Waals surface area contributed by atoms with Crippen molar-refractivity contribution in [3.8, 4) is 17.1 Å².